The Hall–Kier alpha value is -0.770. The van der Waals surface area contributed by atoms with Gasteiger partial charge in [-0.1, -0.05) is 25.4 Å². The maximum Gasteiger partial charge on any atom is 0.417 e. The Labute approximate surface area is 85.9 Å². The van der Waals surface area contributed by atoms with Crippen LogP contribution in [-0.4, -0.2) is 4.98 Å². The van der Waals surface area contributed by atoms with Crippen molar-refractivity contribution in [3.8, 4) is 0 Å². The first kappa shape index (κ1) is 13.2. The summed E-state index contributed by atoms with van der Waals surface area (Å²) in [6.07, 6.45) is -3.61. The van der Waals surface area contributed by atoms with Crippen LogP contribution in [0.2, 0.25) is 5.02 Å². The summed E-state index contributed by atoms with van der Waals surface area (Å²) in [7, 11) is 0. The van der Waals surface area contributed by atoms with Crippen molar-refractivity contribution in [1.29, 1.82) is 0 Å². The number of halogens is 4. The number of hydrogen-bond acceptors (Lipinski definition) is 1. The fourth-order valence-electron chi connectivity index (χ4n) is 0.661. The molecule has 0 fully saturated rings. The first-order valence-corrected chi connectivity index (χ1v) is 4.48. The minimum Gasteiger partial charge on any atom is -0.259 e. The van der Waals surface area contributed by atoms with E-state index in [2.05, 4.69) is 4.98 Å². The molecule has 0 aliphatic heterocycles. The lowest BCUT2D eigenvalue weighted by Gasteiger charge is -2.06. The Morgan fingerprint density at radius 3 is 2.14 bits per heavy atom. The van der Waals surface area contributed by atoms with Gasteiger partial charge in [0.15, 0.2) is 0 Å². The van der Waals surface area contributed by atoms with E-state index in [4.69, 9.17) is 11.6 Å². The number of rotatable bonds is 0. The van der Waals surface area contributed by atoms with Gasteiger partial charge in [0, 0.05) is 6.20 Å². The van der Waals surface area contributed by atoms with Gasteiger partial charge in [0.25, 0.3) is 0 Å². The van der Waals surface area contributed by atoms with Gasteiger partial charge in [-0.15, -0.1) is 0 Å². The fourth-order valence-corrected chi connectivity index (χ4v) is 0.828. The molecule has 1 heterocycles. The Kier molecular flexibility index (Phi) is 4.91. The zero-order chi connectivity index (χ0) is 11.4. The molecule has 0 N–H and O–H groups in total. The van der Waals surface area contributed by atoms with Gasteiger partial charge in [0.2, 0.25) is 0 Å². The van der Waals surface area contributed by atoms with Crippen molar-refractivity contribution in [3.63, 3.8) is 0 Å². The molecule has 0 atom stereocenters. The lowest BCUT2D eigenvalue weighted by Crippen LogP contribution is -2.05. The van der Waals surface area contributed by atoms with Crippen molar-refractivity contribution in [2.24, 2.45) is 0 Å². The molecular weight excluding hydrogens is 215 g/mol. The molecule has 0 bridgehead atoms. The maximum atomic E-state index is 12.0. The molecule has 0 spiro atoms. The lowest BCUT2D eigenvalue weighted by molar-refractivity contribution is -0.137. The summed E-state index contributed by atoms with van der Waals surface area (Å²) in [6.45, 7) is 5.54. The van der Waals surface area contributed by atoms with E-state index < -0.39 is 11.7 Å². The molecule has 80 valence electrons. The molecule has 0 aromatic carbocycles. The summed E-state index contributed by atoms with van der Waals surface area (Å²) >= 11 is 5.46. The standard InChI is InChI=1S/C7H5ClF3N.C2H6/c1-4-6(8)2-5(3-12-4)7(9,10)11;1-2/h2-3H,1H3;1-2H3. The van der Waals surface area contributed by atoms with E-state index in [0.29, 0.717) is 5.69 Å². The second-order valence-corrected chi connectivity index (χ2v) is 2.70. The van der Waals surface area contributed by atoms with Gasteiger partial charge in [0.1, 0.15) is 0 Å². The number of pyridine rings is 1. The zero-order valence-corrected chi connectivity index (χ0v) is 8.87. The van der Waals surface area contributed by atoms with Gasteiger partial charge in [0.05, 0.1) is 16.3 Å². The summed E-state index contributed by atoms with van der Waals surface area (Å²) in [5.41, 5.74) is -0.428. The minimum atomic E-state index is -4.37. The molecule has 1 aromatic rings. The molecule has 14 heavy (non-hydrogen) atoms. The van der Waals surface area contributed by atoms with Crippen LogP contribution < -0.4 is 0 Å². The predicted molar refractivity (Wildman–Crippen MR) is 50.3 cm³/mol. The largest absolute Gasteiger partial charge is 0.417 e. The van der Waals surface area contributed by atoms with Crippen LogP contribution in [0.4, 0.5) is 13.2 Å². The molecule has 1 aromatic heterocycles. The topological polar surface area (TPSA) is 12.9 Å². The third-order valence-corrected chi connectivity index (χ3v) is 1.74. The molecule has 0 radical (unpaired) electrons. The highest BCUT2D eigenvalue weighted by molar-refractivity contribution is 6.31. The van der Waals surface area contributed by atoms with Crippen molar-refractivity contribution in [2.75, 3.05) is 0 Å². The van der Waals surface area contributed by atoms with Gasteiger partial charge in [-0.2, -0.15) is 13.2 Å². The third kappa shape index (κ3) is 3.54. The molecule has 5 heteroatoms. The van der Waals surface area contributed by atoms with Gasteiger partial charge in [-0.3, -0.25) is 4.98 Å². The second kappa shape index (κ2) is 5.20. The molecule has 0 saturated carbocycles. The number of nitrogens with zero attached hydrogens (tertiary/aromatic N) is 1. The van der Waals surface area contributed by atoms with E-state index in [-0.39, 0.29) is 5.02 Å². The fraction of sp³-hybridized carbons (Fsp3) is 0.444. The van der Waals surface area contributed by atoms with Crippen molar-refractivity contribution in [1.82, 2.24) is 4.98 Å². The predicted octanol–water partition coefficient (Wildman–Crippen LogP) is 4.09. The summed E-state index contributed by atoms with van der Waals surface area (Å²) < 4.78 is 36.0. The van der Waals surface area contributed by atoms with Crippen LogP contribution in [0.1, 0.15) is 25.1 Å². The molecule has 0 saturated heterocycles. The van der Waals surface area contributed by atoms with Crippen LogP contribution in [0, 0.1) is 6.92 Å². The summed E-state index contributed by atoms with van der Waals surface area (Å²) in [5, 5.41) is 0.0322. The molecule has 0 aliphatic rings. The normalized spacial score (nSPS) is 10.5. The van der Waals surface area contributed by atoms with E-state index in [1.54, 1.807) is 6.92 Å². The van der Waals surface area contributed by atoms with Crippen molar-refractivity contribution < 1.29 is 13.2 Å². The van der Waals surface area contributed by atoms with Crippen molar-refractivity contribution >= 4 is 11.6 Å². The second-order valence-electron chi connectivity index (χ2n) is 2.29. The van der Waals surface area contributed by atoms with Gasteiger partial charge < -0.3 is 0 Å². The Balaban J connectivity index is 0.000000791. The summed E-state index contributed by atoms with van der Waals surface area (Å²) in [6, 6.07) is 0.865. The zero-order valence-electron chi connectivity index (χ0n) is 8.11. The van der Waals surface area contributed by atoms with Crippen LogP contribution >= 0.6 is 11.6 Å². The Bertz CT molecular complexity index is 297. The number of aromatic nitrogens is 1. The highest BCUT2D eigenvalue weighted by Gasteiger charge is 2.31. The highest BCUT2D eigenvalue weighted by atomic mass is 35.5. The first-order valence-electron chi connectivity index (χ1n) is 4.10. The smallest absolute Gasteiger partial charge is 0.259 e. The number of aryl methyl sites for hydroxylation is 1. The Morgan fingerprint density at radius 1 is 1.29 bits per heavy atom. The van der Waals surface area contributed by atoms with E-state index in [9.17, 15) is 13.2 Å². The molecule has 0 unspecified atom stereocenters. The van der Waals surface area contributed by atoms with Crippen LogP contribution in [0.5, 0.6) is 0 Å². The van der Waals surface area contributed by atoms with Crippen molar-refractivity contribution in [3.05, 3.63) is 28.5 Å². The highest BCUT2D eigenvalue weighted by Crippen LogP contribution is 2.30. The van der Waals surface area contributed by atoms with E-state index >= 15 is 0 Å². The van der Waals surface area contributed by atoms with Crippen LogP contribution in [-0.2, 0) is 6.18 Å². The molecule has 1 rings (SSSR count). The van der Waals surface area contributed by atoms with E-state index in [1.807, 2.05) is 13.8 Å². The number of hydrogen-bond donors (Lipinski definition) is 0. The monoisotopic (exact) mass is 225 g/mol. The first-order chi connectivity index (χ1) is 6.41. The van der Waals surface area contributed by atoms with Crippen LogP contribution in [0.15, 0.2) is 12.3 Å². The van der Waals surface area contributed by atoms with Gasteiger partial charge in [-0.25, -0.2) is 0 Å². The number of alkyl halides is 3. The SMILES string of the molecule is CC.Cc1ncc(C(F)(F)F)cc1Cl. The van der Waals surface area contributed by atoms with E-state index in [1.165, 1.54) is 0 Å². The molecular formula is C9H11ClF3N. The molecule has 1 nitrogen and oxygen atoms in total. The average Bonchev–Trinajstić information content (AvgIpc) is 2.11. The van der Waals surface area contributed by atoms with E-state index in [0.717, 1.165) is 12.3 Å². The van der Waals surface area contributed by atoms with Crippen LogP contribution in [0.3, 0.4) is 0 Å². The van der Waals surface area contributed by atoms with Gasteiger partial charge in [-0.05, 0) is 13.0 Å². The quantitative estimate of drug-likeness (QED) is 0.648. The summed E-state index contributed by atoms with van der Waals surface area (Å²) in [5.74, 6) is 0. The summed E-state index contributed by atoms with van der Waals surface area (Å²) in [4.78, 5) is 3.49. The van der Waals surface area contributed by atoms with Crippen LogP contribution in [0.25, 0.3) is 0 Å². The Morgan fingerprint density at radius 2 is 1.79 bits per heavy atom. The molecule has 0 amide bonds. The third-order valence-electron chi connectivity index (χ3n) is 1.35. The van der Waals surface area contributed by atoms with Gasteiger partial charge >= 0.3 is 6.18 Å². The molecule has 0 aliphatic carbocycles. The lowest BCUT2D eigenvalue weighted by atomic mass is 10.2. The maximum absolute atomic E-state index is 12.0. The average molecular weight is 226 g/mol. The minimum absolute atomic E-state index is 0.0322. The van der Waals surface area contributed by atoms with Crippen molar-refractivity contribution in [2.45, 2.75) is 26.9 Å².